The molecule has 0 spiro atoms. The van der Waals surface area contributed by atoms with Gasteiger partial charge in [0.25, 0.3) is 0 Å². The number of nitrogens with one attached hydrogen (secondary N) is 2. The molecule has 2 aromatic rings. The Hall–Kier alpha value is -2.80. The quantitative estimate of drug-likeness (QED) is 0.345. The van der Waals surface area contributed by atoms with Crippen LogP contribution in [0.2, 0.25) is 0 Å². The van der Waals surface area contributed by atoms with Crippen LogP contribution in [-0.2, 0) is 29.6 Å². The maximum atomic E-state index is 12.1. The van der Waals surface area contributed by atoms with Gasteiger partial charge in [0, 0.05) is 52.4 Å². The Morgan fingerprint density at radius 3 is 1.16 bits per heavy atom. The van der Waals surface area contributed by atoms with Crippen LogP contribution in [0.25, 0.3) is 0 Å². The predicted octanol–water partition coefficient (Wildman–Crippen LogP) is 3.50. The van der Waals surface area contributed by atoms with Gasteiger partial charge in [0.15, 0.2) is 0 Å². The first-order valence-electron chi connectivity index (χ1n) is 12.0. The number of hydrogen-bond acceptors (Lipinski definition) is 6. The zero-order valence-electron chi connectivity index (χ0n) is 21.7. The molecule has 0 heterocycles. The average molecular weight is 553 g/mol. The predicted molar refractivity (Wildman–Crippen MR) is 144 cm³/mol. The van der Waals surface area contributed by atoms with Crippen LogP contribution < -0.4 is 10.6 Å². The summed E-state index contributed by atoms with van der Waals surface area (Å²) in [5.41, 5.74) is 1.09. The van der Waals surface area contributed by atoms with Crippen molar-refractivity contribution >= 4 is 43.2 Å². The van der Waals surface area contributed by atoms with E-state index in [1.54, 1.807) is 24.3 Å². The van der Waals surface area contributed by atoms with Crippen molar-refractivity contribution in [3.8, 4) is 0 Å². The zero-order chi connectivity index (χ0) is 27.6. The molecule has 10 nitrogen and oxygen atoms in total. The maximum Gasteiger partial charge on any atom is 0.242 e. The van der Waals surface area contributed by atoms with Gasteiger partial charge in [-0.2, -0.15) is 0 Å². The van der Waals surface area contributed by atoms with Crippen molar-refractivity contribution in [1.29, 1.82) is 0 Å². The molecule has 2 amide bonds. The topological polar surface area (TPSA) is 133 Å². The number of nitrogens with zero attached hydrogens (tertiary/aromatic N) is 2. The summed E-state index contributed by atoms with van der Waals surface area (Å²) in [4.78, 5) is 24.6. The summed E-state index contributed by atoms with van der Waals surface area (Å²) in [5.74, 6) is -0.265. The van der Waals surface area contributed by atoms with E-state index in [0.29, 0.717) is 37.1 Å². The minimum atomic E-state index is -3.50. The Kier molecular flexibility index (Phi) is 11.2. The van der Waals surface area contributed by atoms with E-state index in [1.165, 1.54) is 52.5 Å². The number of hydrogen-bond donors (Lipinski definition) is 2. The molecule has 2 rings (SSSR count). The molecule has 0 aliphatic rings. The highest BCUT2D eigenvalue weighted by atomic mass is 32.2. The van der Waals surface area contributed by atoms with E-state index in [1.807, 2.05) is 0 Å². The largest absolute Gasteiger partial charge is 0.326 e. The van der Waals surface area contributed by atoms with E-state index in [4.69, 9.17) is 0 Å². The van der Waals surface area contributed by atoms with Gasteiger partial charge in [-0.3, -0.25) is 9.59 Å². The summed E-state index contributed by atoms with van der Waals surface area (Å²) in [5, 5.41) is 5.54. The van der Waals surface area contributed by atoms with E-state index in [0.717, 1.165) is 27.9 Å². The Bertz CT molecular complexity index is 1160. The summed E-state index contributed by atoms with van der Waals surface area (Å²) in [7, 11) is -1.16. The van der Waals surface area contributed by atoms with Crippen molar-refractivity contribution in [3.05, 3.63) is 48.5 Å². The van der Waals surface area contributed by atoms with Crippen LogP contribution in [0.5, 0.6) is 0 Å². The van der Waals surface area contributed by atoms with Crippen LogP contribution >= 0.6 is 0 Å². The third-order valence-electron chi connectivity index (χ3n) is 5.64. The molecular formula is C25H36N4O6S2. The lowest BCUT2D eigenvalue weighted by Crippen LogP contribution is -2.22. The number of rotatable bonds is 14. The van der Waals surface area contributed by atoms with Gasteiger partial charge in [0.2, 0.25) is 31.9 Å². The molecule has 0 saturated carbocycles. The SMILES string of the molecule is CN(C)S(=O)(=O)c1ccc(NC(=O)CCCCCCCC(=O)Nc2ccc(S(=O)(=O)N(C)C)cc2)cc1. The Morgan fingerprint density at radius 2 is 0.865 bits per heavy atom. The number of sulfonamides is 2. The molecule has 0 radical (unpaired) electrons. The smallest absolute Gasteiger partial charge is 0.242 e. The van der Waals surface area contributed by atoms with Crippen LogP contribution in [0, 0.1) is 0 Å². The van der Waals surface area contributed by atoms with Gasteiger partial charge in [0.05, 0.1) is 9.79 Å². The zero-order valence-corrected chi connectivity index (χ0v) is 23.4. The fraction of sp³-hybridized carbons (Fsp3) is 0.440. The van der Waals surface area contributed by atoms with Crippen LogP contribution in [0.1, 0.15) is 44.9 Å². The van der Waals surface area contributed by atoms with Crippen molar-refractivity contribution in [1.82, 2.24) is 8.61 Å². The third kappa shape index (κ3) is 9.22. The summed E-state index contributed by atoms with van der Waals surface area (Å²) in [6.07, 6.45) is 4.76. The standard InChI is InChI=1S/C25H36N4O6S2/c1-28(2)36(32,33)22-16-12-20(13-17-22)26-24(30)10-8-6-5-7-9-11-25(31)27-21-14-18-23(19-15-21)37(34,35)29(3)4/h12-19H,5-11H2,1-4H3,(H,26,30)(H,27,31). The van der Waals surface area contributed by atoms with Crippen LogP contribution in [0.4, 0.5) is 11.4 Å². The number of anilines is 2. The van der Waals surface area contributed by atoms with Gasteiger partial charge >= 0.3 is 0 Å². The van der Waals surface area contributed by atoms with Gasteiger partial charge in [-0.25, -0.2) is 25.4 Å². The molecule has 0 aliphatic heterocycles. The molecule has 2 aromatic carbocycles. The van der Waals surface area contributed by atoms with Crippen molar-refractivity contribution in [3.63, 3.8) is 0 Å². The fourth-order valence-electron chi connectivity index (χ4n) is 3.39. The molecule has 37 heavy (non-hydrogen) atoms. The lowest BCUT2D eigenvalue weighted by Gasteiger charge is -2.12. The fourth-order valence-corrected chi connectivity index (χ4v) is 5.19. The first-order valence-corrected chi connectivity index (χ1v) is 14.9. The van der Waals surface area contributed by atoms with E-state index < -0.39 is 20.0 Å². The third-order valence-corrected chi connectivity index (χ3v) is 9.30. The number of carbonyl (C=O) groups is 2. The average Bonchev–Trinajstić information content (AvgIpc) is 2.84. The second-order valence-electron chi connectivity index (χ2n) is 8.99. The number of carbonyl (C=O) groups excluding carboxylic acids is 2. The first kappa shape index (κ1) is 30.4. The Balaban J connectivity index is 1.61. The second-order valence-corrected chi connectivity index (χ2v) is 13.3. The van der Waals surface area contributed by atoms with Gasteiger partial charge in [-0.15, -0.1) is 0 Å². The highest BCUT2D eigenvalue weighted by Gasteiger charge is 2.17. The minimum absolute atomic E-state index is 0.132. The Morgan fingerprint density at radius 1 is 0.568 bits per heavy atom. The van der Waals surface area contributed by atoms with Gasteiger partial charge in [-0.1, -0.05) is 19.3 Å². The van der Waals surface area contributed by atoms with E-state index >= 15 is 0 Å². The highest BCUT2D eigenvalue weighted by molar-refractivity contribution is 7.89. The van der Waals surface area contributed by atoms with Crippen LogP contribution in [0.15, 0.2) is 58.3 Å². The van der Waals surface area contributed by atoms with Crippen molar-refractivity contribution < 1.29 is 26.4 Å². The molecule has 0 atom stereocenters. The van der Waals surface area contributed by atoms with E-state index in [2.05, 4.69) is 10.6 Å². The Labute approximate surface area is 220 Å². The van der Waals surface area contributed by atoms with Gasteiger partial charge < -0.3 is 10.6 Å². The molecule has 0 aliphatic carbocycles. The summed E-state index contributed by atoms with van der Waals surface area (Å²) in [6, 6.07) is 12.1. The van der Waals surface area contributed by atoms with Gasteiger partial charge in [0.1, 0.15) is 0 Å². The van der Waals surface area contributed by atoms with Crippen molar-refractivity contribution in [2.24, 2.45) is 0 Å². The number of amides is 2. The monoisotopic (exact) mass is 552 g/mol. The molecule has 0 fully saturated rings. The molecular weight excluding hydrogens is 516 g/mol. The van der Waals surface area contributed by atoms with Crippen molar-refractivity contribution in [2.45, 2.75) is 54.7 Å². The summed E-state index contributed by atoms with van der Waals surface area (Å²) < 4.78 is 50.6. The van der Waals surface area contributed by atoms with Gasteiger partial charge in [-0.05, 0) is 61.4 Å². The highest BCUT2D eigenvalue weighted by Crippen LogP contribution is 2.18. The van der Waals surface area contributed by atoms with Crippen LogP contribution in [0.3, 0.4) is 0 Å². The normalized spacial score (nSPS) is 12.1. The lowest BCUT2D eigenvalue weighted by atomic mass is 10.1. The summed E-state index contributed by atoms with van der Waals surface area (Å²) in [6.45, 7) is 0. The molecule has 12 heteroatoms. The second kappa shape index (κ2) is 13.7. The van der Waals surface area contributed by atoms with E-state index in [-0.39, 0.29) is 21.6 Å². The van der Waals surface area contributed by atoms with Crippen LogP contribution in [-0.4, -0.2) is 65.5 Å². The first-order chi connectivity index (χ1) is 17.3. The number of benzene rings is 2. The molecule has 0 bridgehead atoms. The molecule has 0 saturated heterocycles. The number of unbranched alkanes of at least 4 members (excludes halogenated alkanes) is 4. The molecule has 0 aromatic heterocycles. The maximum absolute atomic E-state index is 12.1. The molecule has 0 unspecified atom stereocenters. The van der Waals surface area contributed by atoms with Crippen molar-refractivity contribution in [2.75, 3.05) is 38.8 Å². The molecule has 204 valence electrons. The minimum Gasteiger partial charge on any atom is -0.326 e. The summed E-state index contributed by atoms with van der Waals surface area (Å²) >= 11 is 0. The lowest BCUT2D eigenvalue weighted by molar-refractivity contribution is -0.117. The van der Waals surface area contributed by atoms with E-state index in [9.17, 15) is 26.4 Å². The molecule has 2 N–H and O–H groups in total.